The summed E-state index contributed by atoms with van der Waals surface area (Å²) in [6.45, 7) is 1.64. The van der Waals surface area contributed by atoms with Crippen molar-refractivity contribution in [2.24, 2.45) is 7.05 Å². The van der Waals surface area contributed by atoms with Crippen molar-refractivity contribution in [3.63, 3.8) is 0 Å². The van der Waals surface area contributed by atoms with Gasteiger partial charge in [-0.2, -0.15) is 0 Å². The number of nitrogens with zero attached hydrogens (tertiary/aromatic N) is 5. The van der Waals surface area contributed by atoms with Gasteiger partial charge in [-0.05, 0) is 36.2 Å². The molecule has 0 bridgehead atoms. The number of benzene rings is 2. The van der Waals surface area contributed by atoms with E-state index in [0.717, 1.165) is 4.90 Å². The average Bonchev–Trinajstić information content (AvgIpc) is 3.33. The summed E-state index contributed by atoms with van der Waals surface area (Å²) in [4.78, 5) is 40.0. The minimum absolute atomic E-state index is 0.142. The molecule has 9 nitrogen and oxygen atoms in total. The lowest BCUT2D eigenvalue weighted by Crippen LogP contribution is -2.43. The second-order valence-corrected chi connectivity index (χ2v) is 7.72. The van der Waals surface area contributed by atoms with Crippen molar-refractivity contribution in [1.82, 2.24) is 29.4 Å². The normalized spacial score (nSPS) is 18.7. The van der Waals surface area contributed by atoms with Gasteiger partial charge >= 0.3 is 6.03 Å². The van der Waals surface area contributed by atoms with Gasteiger partial charge in [-0.25, -0.2) is 9.18 Å². The fourth-order valence-electron chi connectivity index (χ4n) is 4.28. The Morgan fingerprint density at radius 2 is 1.75 bits per heavy atom. The molecule has 2 aromatic heterocycles. The van der Waals surface area contributed by atoms with Crippen molar-refractivity contribution in [3.05, 3.63) is 76.1 Å². The number of fused-ring (bicyclic) bond motifs is 3. The number of aromatic nitrogens is 4. The van der Waals surface area contributed by atoms with Gasteiger partial charge in [-0.1, -0.05) is 31.2 Å². The number of urea groups is 1. The summed E-state index contributed by atoms with van der Waals surface area (Å²) in [6, 6.07) is 11.9. The second-order valence-electron chi connectivity index (χ2n) is 7.72. The van der Waals surface area contributed by atoms with Crippen LogP contribution in [0.1, 0.15) is 24.7 Å². The van der Waals surface area contributed by atoms with Gasteiger partial charge in [0, 0.05) is 7.05 Å². The number of hydrogen-bond acceptors (Lipinski definition) is 5. The number of rotatable bonds is 4. The summed E-state index contributed by atoms with van der Waals surface area (Å²) in [5.41, 5.74) is -0.428. The molecule has 2 aromatic carbocycles. The summed E-state index contributed by atoms with van der Waals surface area (Å²) in [7, 11) is 1.59. The van der Waals surface area contributed by atoms with E-state index in [1.165, 1.54) is 28.8 Å². The van der Waals surface area contributed by atoms with Crippen LogP contribution in [-0.4, -0.2) is 36.0 Å². The van der Waals surface area contributed by atoms with Gasteiger partial charge in [0.2, 0.25) is 5.78 Å². The molecule has 1 aliphatic rings. The number of amides is 3. The summed E-state index contributed by atoms with van der Waals surface area (Å²) >= 11 is 0. The highest BCUT2D eigenvalue weighted by molar-refractivity contribution is 6.07. The smallest absolute Gasteiger partial charge is 0.319 e. The molecule has 1 N–H and O–H groups in total. The highest BCUT2D eigenvalue weighted by Gasteiger charge is 2.51. The van der Waals surface area contributed by atoms with Gasteiger partial charge < -0.3 is 5.32 Å². The summed E-state index contributed by atoms with van der Waals surface area (Å²) in [5, 5.41) is 11.5. The van der Waals surface area contributed by atoms with E-state index >= 15 is 0 Å². The van der Waals surface area contributed by atoms with Crippen molar-refractivity contribution >= 4 is 28.6 Å². The molecule has 1 fully saturated rings. The van der Waals surface area contributed by atoms with E-state index in [1.807, 2.05) is 0 Å². The lowest BCUT2D eigenvalue weighted by Gasteiger charge is -2.25. The quantitative estimate of drug-likeness (QED) is 0.496. The van der Waals surface area contributed by atoms with Gasteiger partial charge in [-0.3, -0.25) is 23.5 Å². The number of nitrogens with one attached hydrogen (secondary N) is 1. The molecule has 1 unspecified atom stereocenters. The second kappa shape index (κ2) is 6.98. The van der Waals surface area contributed by atoms with E-state index in [-0.39, 0.29) is 18.5 Å². The zero-order valence-corrected chi connectivity index (χ0v) is 17.4. The number of carbonyl (C=O) groups is 2. The number of aryl methyl sites for hydroxylation is 1. The Kier molecular flexibility index (Phi) is 4.33. The summed E-state index contributed by atoms with van der Waals surface area (Å²) in [5.74, 6) is -0.249. The molecule has 0 saturated carbocycles. The first kappa shape index (κ1) is 19.9. The Hall–Kier alpha value is -4.08. The van der Waals surface area contributed by atoms with Crippen LogP contribution in [0.2, 0.25) is 0 Å². The molecule has 0 aliphatic carbocycles. The Morgan fingerprint density at radius 1 is 1.03 bits per heavy atom. The number of hydrogen-bond donors (Lipinski definition) is 1. The predicted octanol–water partition coefficient (Wildman–Crippen LogP) is 2.08. The Bertz CT molecular complexity index is 1460. The maximum absolute atomic E-state index is 13.4. The van der Waals surface area contributed by atoms with Gasteiger partial charge in [-0.15, -0.1) is 10.2 Å². The Morgan fingerprint density at radius 3 is 2.47 bits per heavy atom. The van der Waals surface area contributed by atoms with E-state index in [2.05, 4.69) is 15.5 Å². The fourth-order valence-corrected chi connectivity index (χ4v) is 4.28. The van der Waals surface area contributed by atoms with E-state index in [0.29, 0.717) is 28.1 Å². The van der Waals surface area contributed by atoms with Crippen LogP contribution in [-0.2, 0) is 23.9 Å². The molecule has 0 radical (unpaired) electrons. The van der Waals surface area contributed by atoms with Crippen LogP contribution in [0.4, 0.5) is 9.18 Å². The molecule has 32 heavy (non-hydrogen) atoms. The Balaban J connectivity index is 1.60. The van der Waals surface area contributed by atoms with E-state index in [1.54, 1.807) is 42.6 Å². The van der Waals surface area contributed by atoms with Crippen LogP contribution in [0, 0.1) is 5.82 Å². The highest BCUT2D eigenvalue weighted by atomic mass is 19.1. The lowest BCUT2D eigenvalue weighted by molar-refractivity contribution is -0.132. The van der Waals surface area contributed by atoms with Crippen LogP contribution < -0.4 is 10.9 Å². The molecule has 1 aliphatic heterocycles. The summed E-state index contributed by atoms with van der Waals surface area (Å²) in [6.07, 6.45) is 0.289. The number of halogens is 1. The van der Waals surface area contributed by atoms with Crippen molar-refractivity contribution in [2.45, 2.75) is 25.4 Å². The minimum atomic E-state index is -1.29. The van der Waals surface area contributed by atoms with E-state index < -0.39 is 23.3 Å². The SMILES string of the molecule is CCC1(c2ccc(F)cc2)NC(=O)N(Cc2nnc3n(C)c(=O)c4ccccc4n23)C1=O. The van der Waals surface area contributed by atoms with Crippen molar-refractivity contribution in [3.8, 4) is 0 Å². The third kappa shape index (κ3) is 2.65. The van der Waals surface area contributed by atoms with Crippen molar-refractivity contribution in [2.75, 3.05) is 0 Å². The standard InChI is InChI=1S/C22H19FN6O3/c1-3-22(13-8-10-14(23)11-9-13)19(31)28(21(32)24-22)12-17-25-26-20-27(2)18(30)15-6-4-5-7-16(15)29(17)20/h4-11H,3,12H2,1-2H3,(H,24,32). The fraction of sp³-hybridized carbons (Fsp3) is 0.227. The molecule has 5 rings (SSSR count). The summed E-state index contributed by atoms with van der Waals surface area (Å²) < 4.78 is 16.5. The predicted molar refractivity (Wildman–Crippen MR) is 113 cm³/mol. The van der Waals surface area contributed by atoms with E-state index in [9.17, 15) is 18.8 Å². The molecule has 1 atom stereocenters. The monoisotopic (exact) mass is 434 g/mol. The molecule has 3 amide bonds. The van der Waals surface area contributed by atoms with Crippen LogP contribution >= 0.6 is 0 Å². The first-order valence-corrected chi connectivity index (χ1v) is 10.1. The van der Waals surface area contributed by atoms with Crippen molar-refractivity contribution in [1.29, 1.82) is 0 Å². The molecule has 3 heterocycles. The molecule has 162 valence electrons. The average molecular weight is 434 g/mol. The number of para-hydroxylation sites is 1. The molecular weight excluding hydrogens is 415 g/mol. The third-order valence-electron chi connectivity index (χ3n) is 6.04. The molecule has 4 aromatic rings. The van der Waals surface area contributed by atoms with Crippen LogP contribution in [0.3, 0.4) is 0 Å². The zero-order chi connectivity index (χ0) is 22.6. The molecule has 0 spiro atoms. The maximum Gasteiger partial charge on any atom is 0.325 e. The van der Waals surface area contributed by atoms with E-state index in [4.69, 9.17) is 0 Å². The van der Waals surface area contributed by atoms with Gasteiger partial charge in [0.05, 0.1) is 17.4 Å². The molecule has 10 heteroatoms. The van der Waals surface area contributed by atoms with Crippen LogP contribution in [0.25, 0.3) is 16.7 Å². The Labute approximate surface area is 181 Å². The highest BCUT2D eigenvalue weighted by Crippen LogP contribution is 2.33. The third-order valence-corrected chi connectivity index (χ3v) is 6.04. The molecule has 1 saturated heterocycles. The lowest BCUT2D eigenvalue weighted by atomic mass is 9.87. The maximum atomic E-state index is 13.4. The largest absolute Gasteiger partial charge is 0.325 e. The topological polar surface area (TPSA) is 102 Å². The van der Waals surface area contributed by atoms with Crippen LogP contribution in [0.15, 0.2) is 53.3 Å². The molecular formula is C22H19FN6O3. The van der Waals surface area contributed by atoms with Gasteiger partial charge in [0.15, 0.2) is 5.82 Å². The van der Waals surface area contributed by atoms with Crippen LogP contribution in [0.5, 0.6) is 0 Å². The first-order chi connectivity index (χ1) is 15.4. The minimum Gasteiger partial charge on any atom is -0.319 e. The van der Waals surface area contributed by atoms with Gasteiger partial charge in [0.1, 0.15) is 11.4 Å². The number of imide groups is 1. The first-order valence-electron chi connectivity index (χ1n) is 10.1. The van der Waals surface area contributed by atoms with Crippen molar-refractivity contribution < 1.29 is 14.0 Å². The number of carbonyl (C=O) groups excluding carboxylic acids is 2. The zero-order valence-electron chi connectivity index (χ0n) is 17.4. The van der Waals surface area contributed by atoms with Gasteiger partial charge in [0.25, 0.3) is 11.5 Å².